The normalized spacial score (nSPS) is 16.5. The van der Waals surface area contributed by atoms with Gasteiger partial charge in [0, 0.05) is 43.9 Å². The van der Waals surface area contributed by atoms with E-state index < -0.39 is 12.0 Å². The molecule has 1 amide bonds. The number of hydrogen-bond acceptors (Lipinski definition) is 4. The predicted molar refractivity (Wildman–Crippen MR) is 97.2 cm³/mol. The summed E-state index contributed by atoms with van der Waals surface area (Å²) in [6.07, 6.45) is 1.40. The summed E-state index contributed by atoms with van der Waals surface area (Å²) in [5.74, 6) is -1.20. The molecular formula is C18H21ClN4O3. The van der Waals surface area contributed by atoms with Gasteiger partial charge in [0.05, 0.1) is 0 Å². The molecule has 1 atom stereocenters. The highest BCUT2D eigenvalue weighted by Gasteiger charge is 2.28. The van der Waals surface area contributed by atoms with Gasteiger partial charge in [0.25, 0.3) is 0 Å². The zero-order valence-electron chi connectivity index (χ0n) is 14.5. The number of carboxylic acids is 1. The van der Waals surface area contributed by atoms with Crippen LogP contribution in [0.4, 0.5) is 0 Å². The van der Waals surface area contributed by atoms with Crippen molar-refractivity contribution in [2.45, 2.75) is 19.5 Å². The fourth-order valence-corrected chi connectivity index (χ4v) is 3.26. The number of carbonyl (C=O) groups excluding carboxylic acids is 1. The van der Waals surface area contributed by atoms with E-state index in [0.717, 1.165) is 24.7 Å². The van der Waals surface area contributed by atoms with Crippen molar-refractivity contribution in [3.8, 4) is 0 Å². The average molecular weight is 377 g/mol. The van der Waals surface area contributed by atoms with E-state index in [-0.39, 0.29) is 11.6 Å². The Morgan fingerprint density at radius 2 is 1.81 bits per heavy atom. The van der Waals surface area contributed by atoms with Crippen LogP contribution in [0, 0.1) is 0 Å². The lowest BCUT2D eigenvalue weighted by molar-refractivity contribution is -0.136. The standard InChI is InChI=1S/C18H21ClN4O3/c1-13(23-16(18(25)26)6-7-20-23)17(24)22-10-8-21(9-11-22)12-14-2-4-15(19)5-3-14/h2-7,13H,8-12H2,1H3,(H,25,26). The molecule has 1 fully saturated rings. The first-order valence-corrected chi connectivity index (χ1v) is 8.86. The Morgan fingerprint density at radius 3 is 2.42 bits per heavy atom. The topological polar surface area (TPSA) is 78.7 Å². The van der Waals surface area contributed by atoms with Crippen molar-refractivity contribution in [3.05, 3.63) is 52.8 Å². The number of piperazine rings is 1. The van der Waals surface area contributed by atoms with Gasteiger partial charge in [0.1, 0.15) is 11.7 Å². The molecule has 0 bridgehead atoms. The monoisotopic (exact) mass is 376 g/mol. The molecule has 2 aromatic rings. The highest BCUT2D eigenvalue weighted by Crippen LogP contribution is 2.16. The molecule has 7 nitrogen and oxygen atoms in total. The summed E-state index contributed by atoms with van der Waals surface area (Å²) < 4.78 is 1.27. The first-order valence-electron chi connectivity index (χ1n) is 8.48. The molecule has 0 saturated carbocycles. The minimum Gasteiger partial charge on any atom is -0.477 e. The molecule has 1 aromatic carbocycles. The van der Waals surface area contributed by atoms with Crippen LogP contribution in [0.5, 0.6) is 0 Å². The van der Waals surface area contributed by atoms with E-state index >= 15 is 0 Å². The van der Waals surface area contributed by atoms with Crippen LogP contribution in [-0.4, -0.2) is 62.7 Å². The summed E-state index contributed by atoms with van der Waals surface area (Å²) in [4.78, 5) is 28.0. The van der Waals surface area contributed by atoms with Crippen molar-refractivity contribution in [3.63, 3.8) is 0 Å². The smallest absolute Gasteiger partial charge is 0.354 e. The number of halogens is 1. The molecule has 2 heterocycles. The second kappa shape index (κ2) is 7.88. The van der Waals surface area contributed by atoms with Gasteiger partial charge in [0.15, 0.2) is 0 Å². The first kappa shape index (κ1) is 18.4. The van der Waals surface area contributed by atoms with Gasteiger partial charge in [0.2, 0.25) is 5.91 Å². The van der Waals surface area contributed by atoms with Crippen LogP contribution < -0.4 is 0 Å². The van der Waals surface area contributed by atoms with Gasteiger partial charge in [-0.2, -0.15) is 5.10 Å². The summed E-state index contributed by atoms with van der Waals surface area (Å²) in [6, 6.07) is 8.53. The van der Waals surface area contributed by atoms with Crippen LogP contribution in [0.3, 0.4) is 0 Å². The Labute approximate surface area is 156 Å². The van der Waals surface area contributed by atoms with Crippen LogP contribution in [0.15, 0.2) is 36.5 Å². The number of benzene rings is 1. The fourth-order valence-electron chi connectivity index (χ4n) is 3.14. The Balaban J connectivity index is 1.57. The van der Waals surface area contributed by atoms with Crippen LogP contribution >= 0.6 is 11.6 Å². The SMILES string of the molecule is CC(C(=O)N1CCN(Cc2ccc(Cl)cc2)CC1)n1nccc1C(=O)O. The van der Waals surface area contributed by atoms with Gasteiger partial charge in [-0.3, -0.25) is 9.69 Å². The van der Waals surface area contributed by atoms with E-state index in [1.807, 2.05) is 24.3 Å². The summed E-state index contributed by atoms with van der Waals surface area (Å²) in [7, 11) is 0. The summed E-state index contributed by atoms with van der Waals surface area (Å²) in [5.41, 5.74) is 1.21. The molecule has 0 aliphatic carbocycles. The lowest BCUT2D eigenvalue weighted by Gasteiger charge is -2.36. The van der Waals surface area contributed by atoms with Crippen molar-refractivity contribution >= 4 is 23.5 Å². The van der Waals surface area contributed by atoms with Gasteiger partial charge < -0.3 is 10.0 Å². The van der Waals surface area contributed by atoms with E-state index in [0.29, 0.717) is 13.1 Å². The number of aromatic carboxylic acids is 1. The zero-order chi connectivity index (χ0) is 18.7. The van der Waals surface area contributed by atoms with Crippen LogP contribution in [0.2, 0.25) is 5.02 Å². The lowest BCUT2D eigenvalue weighted by atomic mass is 10.2. The van der Waals surface area contributed by atoms with Crippen molar-refractivity contribution in [2.75, 3.05) is 26.2 Å². The molecule has 3 rings (SSSR count). The van der Waals surface area contributed by atoms with E-state index in [1.54, 1.807) is 11.8 Å². The number of rotatable bonds is 5. The van der Waals surface area contributed by atoms with E-state index in [9.17, 15) is 14.7 Å². The molecule has 0 spiro atoms. The fraction of sp³-hybridized carbons (Fsp3) is 0.389. The average Bonchev–Trinajstić information content (AvgIpc) is 3.13. The van der Waals surface area contributed by atoms with Crippen LogP contribution in [0.25, 0.3) is 0 Å². The molecule has 8 heteroatoms. The number of aromatic nitrogens is 2. The number of carboxylic acid groups (broad SMARTS) is 1. The van der Waals surface area contributed by atoms with E-state index in [4.69, 9.17) is 11.6 Å². The van der Waals surface area contributed by atoms with Gasteiger partial charge in [-0.05, 0) is 30.7 Å². The molecule has 26 heavy (non-hydrogen) atoms. The highest BCUT2D eigenvalue weighted by atomic mass is 35.5. The maximum absolute atomic E-state index is 12.7. The second-order valence-corrected chi connectivity index (χ2v) is 6.81. The number of carbonyl (C=O) groups is 2. The Morgan fingerprint density at radius 1 is 1.15 bits per heavy atom. The molecule has 1 N–H and O–H groups in total. The Bertz CT molecular complexity index is 782. The minimum absolute atomic E-state index is 0.0206. The molecule has 138 valence electrons. The molecule has 1 aliphatic rings. The van der Waals surface area contributed by atoms with Crippen LogP contribution in [-0.2, 0) is 11.3 Å². The maximum Gasteiger partial charge on any atom is 0.354 e. The first-order chi connectivity index (χ1) is 12.5. The largest absolute Gasteiger partial charge is 0.477 e. The van der Waals surface area contributed by atoms with Crippen molar-refractivity contribution in [1.29, 1.82) is 0 Å². The van der Waals surface area contributed by atoms with Gasteiger partial charge in [-0.25, -0.2) is 9.48 Å². The number of nitrogens with zero attached hydrogens (tertiary/aromatic N) is 4. The quantitative estimate of drug-likeness (QED) is 0.864. The van der Waals surface area contributed by atoms with Crippen molar-refractivity contribution < 1.29 is 14.7 Å². The number of amides is 1. The van der Waals surface area contributed by atoms with E-state index in [2.05, 4.69) is 10.00 Å². The third-order valence-corrected chi connectivity index (χ3v) is 4.87. The van der Waals surface area contributed by atoms with Gasteiger partial charge in [-0.15, -0.1) is 0 Å². The van der Waals surface area contributed by atoms with E-state index in [1.165, 1.54) is 22.5 Å². The van der Waals surface area contributed by atoms with Crippen molar-refractivity contribution in [2.24, 2.45) is 0 Å². The molecular weight excluding hydrogens is 356 g/mol. The summed E-state index contributed by atoms with van der Waals surface area (Å²) in [6.45, 7) is 5.26. The molecule has 1 aromatic heterocycles. The second-order valence-electron chi connectivity index (χ2n) is 6.37. The molecule has 1 aliphatic heterocycles. The summed E-state index contributed by atoms with van der Waals surface area (Å²) in [5, 5.41) is 13.9. The van der Waals surface area contributed by atoms with Crippen LogP contribution in [0.1, 0.15) is 29.0 Å². The molecule has 1 unspecified atom stereocenters. The maximum atomic E-state index is 12.7. The molecule has 0 radical (unpaired) electrons. The minimum atomic E-state index is -1.09. The Kier molecular flexibility index (Phi) is 5.58. The third kappa shape index (κ3) is 4.05. The van der Waals surface area contributed by atoms with Crippen molar-refractivity contribution in [1.82, 2.24) is 19.6 Å². The Hall–Kier alpha value is -2.38. The molecule has 1 saturated heterocycles. The predicted octanol–water partition coefficient (Wildman–Crippen LogP) is 2.14. The number of hydrogen-bond donors (Lipinski definition) is 1. The van der Waals surface area contributed by atoms with Gasteiger partial charge in [-0.1, -0.05) is 23.7 Å². The lowest BCUT2D eigenvalue weighted by Crippen LogP contribution is -2.50. The summed E-state index contributed by atoms with van der Waals surface area (Å²) >= 11 is 5.91. The third-order valence-electron chi connectivity index (χ3n) is 4.62. The zero-order valence-corrected chi connectivity index (χ0v) is 15.3. The van der Waals surface area contributed by atoms with Gasteiger partial charge >= 0.3 is 5.97 Å². The highest BCUT2D eigenvalue weighted by molar-refractivity contribution is 6.30.